The molecule has 0 aromatic rings. The van der Waals surface area contributed by atoms with E-state index in [-0.39, 0.29) is 13.2 Å². The molecule has 0 N–H and O–H groups in total. The number of carbonyl (C=O) groups is 4. The van der Waals surface area contributed by atoms with Gasteiger partial charge in [-0.1, -0.05) is 34.3 Å². The molecule has 0 spiro atoms. The van der Waals surface area contributed by atoms with Gasteiger partial charge >= 0.3 is 11.9 Å². The molecule has 142 valence electrons. The van der Waals surface area contributed by atoms with E-state index in [9.17, 15) is 29.4 Å². The van der Waals surface area contributed by atoms with Crippen LogP contribution in [0.2, 0.25) is 0 Å². The van der Waals surface area contributed by atoms with Crippen molar-refractivity contribution in [2.24, 2.45) is 17.3 Å². The third-order valence-corrected chi connectivity index (χ3v) is 4.05. The molecule has 0 saturated carbocycles. The maximum Gasteiger partial charge on any atom is 0.309 e. The van der Waals surface area contributed by atoms with Gasteiger partial charge in [0.1, 0.15) is 0 Å². The first-order valence-corrected chi connectivity index (χ1v) is 8.04. The van der Waals surface area contributed by atoms with Gasteiger partial charge in [-0.05, 0) is 18.4 Å². The van der Waals surface area contributed by atoms with Gasteiger partial charge in [-0.15, -0.1) is 0 Å². The molecule has 0 aromatic heterocycles. The first-order chi connectivity index (χ1) is 11.6. The van der Waals surface area contributed by atoms with Crippen molar-refractivity contribution in [3.63, 3.8) is 0 Å². The van der Waals surface area contributed by atoms with Crippen molar-refractivity contribution in [2.45, 2.75) is 40.5 Å². The summed E-state index contributed by atoms with van der Waals surface area (Å²) in [6.45, 7) is 8.99. The fraction of sp³-hybridized carbons (Fsp3) is 0.647. The van der Waals surface area contributed by atoms with E-state index < -0.39 is 46.7 Å². The molecule has 8 heteroatoms. The van der Waals surface area contributed by atoms with E-state index in [1.54, 1.807) is 13.8 Å². The van der Waals surface area contributed by atoms with Crippen LogP contribution < -0.4 is 10.2 Å². The summed E-state index contributed by atoms with van der Waals surface area (Å²) in [7, 11) is 0. The number of hydrogen-bond donors (Lipinski definition) is 0. The summed E-state index contributed by atoms with van der Waals surface area (Å²) in [6.07, 6.45) is 0.957. The van der Waals surface area contributed by atoms with Crippen molar-refractivity contribution in [3.8, 4) is 0 Å². The Morgan fingerprint density at radius 1 is 0.920 bits per heavy atom. The fourth-order valence-corrected chi connectivity index (χ4v) is 2.57. The summed E-state index contributed by atoms with van der Waals surface area (Å²) in [6, 6.07) is 0. The average Bonchev–Trinajstić information content (AvgIpc) is 2.56. The normalized spacial score (nSPS) is 15.4. The first-order valence-electron chi connectivity index (χ1n) is 8.04. The molecule has 0 saturated heterocycles. The molecule has 0 rings (SSSR count). The Morgan fingerprint density at radius 2 is 1.28 bits per heavy atom. The van der Waals surface area contributed by atoms with Crippen LogP contribution in [-0.4, -0.2) is 37.1 Å². The Bertz CT molecular complexity index is 511. The van der Waals surface area contributed by atoms with Gasteiger partial charge in [-0.3, -0.25) is 9.59 Å². The van der Waals surface area contributed by atoms with E-state index in [1.165, 1.54) is 0 Å². The molecule has 0 aromatic carbocycles. The Hall–Kier alpha value is -2.38. The minimum absolute atomic E-state index is 0.0127. The maximum atomic E-state index is 12.2. The van der Waals surface area contributed by atoms with Crippen LogP contribution >= 0.6 is 0 Å². The number of esters is 2. The SMILES string of the molecule is C=C(C(=O)[O-])C(C(=O)[O-])(C(C)C(=O)OCCC)C(C)C(=O)OCCC. The Morgan fingerprint density at radius 3 is 1.52 bits per heavy atom. The van der Waals surface area contributed by atoms with Crippen LogP contribution in [0, 0.1) is 17.3 Å². The van der Waals surface area contributed by atoms with Gasteiger partial charge in [-0.25, -0.2) is 0 Å². The summed E-state index contributed by atoms with van der Waals surface area (Å²) in [4.78, 5) is 47.7. The standard InChI is InChI=1S/C17H26O8/c1-6-8-24-14(20)11(4)17(16(22)23,10(3)13(18)19)12(5)15(21)25-9-7-2/h11-12H,3,6-9H2,1-2,4-5H3,(H,18,19)(H,22,23)/p-2. The number of carboxylic acids is 2. The summed E-state index contributed by atoms with van der Waals surface area (Å²) in [5.74, 6) is -8.93. The van der Waals surface area contributed by atoms with E-state index in [4.69, 9.17) is 9.47 Å². The van der Waals surface area contributed by atoms with Crippen LogP contribution in [0.5, 0.6) is 0 Å². The Kier molecular flexibility index (Phi) is 8.87. The molecule has 0 aliphatic rings. The monoisotopic (exact) mass is 356 g/mol. The summed E-state index contributed by atoms with van der Waals surface area (Å²) in [5, 5.41) is 23.3. The molecule has 25 heavy (non-hydrogen) atoms. The van der Waals surface area contributed by atoms with E-state index in [0.717, 1.165) is 13.8 Å². The van der Waals surface area contributed by atoms with Crippen molar-refractivity contribution in [1.82, 2.24) is 0 Å². The molecule has 8 nitrogen and oxygen atoms in total. The fourth-order valence-electron chi connectivity index (χ4n) is 2.57. The minimum Gasteiger partial charge on any atom is -0.549 e. The lowest BCUT2D eigenvalue weighted by Gasteiger charge is -2.44. The largest absolute Gasteiger partial charge is 0.549 e. The van der Waals surface area contributed by atoms with Gasteiger partial charge in [0.2, 0.25) is 0 Å². The van der Waals surface area contributed by atoms with E-state index in [0.29, 0.717) is 12.8 Å². The third kappa shape index (κ3) is 4.80. The molecule has 0 amide bonds. The molecule has 0 aliphatic heterocycles. The molecule has 0 heterocycles. The second-order valence-corrected chi connectivity index (χ2v) is 5.70. The quantitative estimate of drug-likeness (QED) is 0.347. The van der Waals surface area contributed by atoms with Crippen LogP contribution in [0.15, 0.2) is 12.2 Å². The zero-order chi connectivity index (χ0) is 19.8. The molecule has 0 aliphatic carbocycles. The minimum atomic E-state index is -2.56. The number of carboxylic acid groups (broad SMARTS) is 2. The van der Waals surface area contributed by atoms with Crippen LogP contribution in [0.3, 0.4) is 0 Å². The van der Waals surface area contributed by atoms with Crippen molar-refractivity contribution >= 4 is 23.9 Å². The highest BCUT2D eigenvalue weighted by atomic mass is 16.5. The predicted octanol–water partition coefficient (Wildman–Crippen LogP) is -0.793. The van der Waals surface area contributed by atoms with Gasteiger partial charge in [0.25, 0.3) is 0 Å². The molecule has 0 fully saturated rings. The van der Waals surface area contributed by atoms with Gasteiger partial charge in [0.05, 0.1) is 42.4 Å². The van der Waals surface area contributed by atoms with Gasteiger partial charge in [0, 0.05) is 0 Å². The van der Waals surface area contributed by atoms with Gasteiger partial charge in [-0.2, -0.15) is 0 Å². The van der Waals surface area contributed by atoms with Crippen LogP contribution in [0.25, 0.3) is 0 Å². The Balaban J connectivity index is 6.12. The van der Waals surface area contributed by atoms with Crippen molar-refractivity contribution in [3.05, 3.63) is 12.2 Å². The molecule has 0 bridgehead atoms. The second kappa shape index (κ2) is 9.80. The number of ether oxygens (including phenoxy) is 2. The molecule has 2 unspecified atom stereocenters. The van der Waals surface area contributed by atoms with E-state index in [2.05, 4.69) is 6.58 Å². The van der Waals surface area contributed by atoms with Gasteiger partial charge < -0.3 is 29.3 Å². The highest BCUT2D eigenvalue weighted by Gasteiger charge is 2.52. The Labute approximate surface area is 146 Å². The smallest absolute Gasteiger partial charge is 0.309 e. The third-order valence-electron chi connectivity index (χ3n) is 4.05. The highest BCUT2D eigenvalue weighted by molar-refractivity contribution is 6.00. The van der Waals surface area contributed by atoms with Crippen LogP contribution in [-0.2, 0) is 28.7 Å². The van der Waals surface area contributed by atoms with E-state index in [1.807, 2.05) is 0 Å². The topological polar surface area (TPSA) is 133 Å². The lowest BCUT2D eigenvalue weighted by molar-refractivity contribution is -0.326. The van der Waals surface area contributed by atoms with Crippen molar-refractivity contribution in [1.29, 1.82) is 0 Å². The summed E-state index contributed by atoms with van der Waals surface area (Å²) in [5.41, 5.74) is -3.51. The van der Waals surface area contributed by atoms with Crippen LogP contribution in [0.1, 0.15) is 40.5 Å². The van der Waals surface area contributed by atoms with Gasteiger partial charge in [0.15, 0.2) is 0 Å². The first kappa shape index (κ1) is 22.6. The molecule has 0 radical (unpaired) electrons. The average molecular weight is 356 g/mol. The number of carbonyl (C=O) groups excluding carboxylic acids is 4. The molecule has 2 atom stereocenters. The number of aliphatic carboxylic acids is 2. The van der Waals surface area contributed by atoms with Crippen molar-refractivity contribution in [2.75, 3.05) is 13.2 Å². The molecular weight excluding hydrogens is 332 g/mol. The summed E-state index contributed by atoms with van der Waals surface area (Å²) >= 11 is 0. The number of rotatable bonds is 11. The molecular formula is C17H24O8-2. The second-order valence-electron chi connectivity index (χ2n) is 5.70. The number of hydrogen-bond acceptors (Lipinski definition) is 8. The highest BCUT2D eigenvalue weighted by Crippen LogP contribution is 2.43. The van der Waals surface area contributed by atoms with E-state index >= 15 is 0 Å². The zero-order valence-corrected chi connectivity index (χ0v) is 15.0. The lowest BCUT2D eigenvalue weighted by atomic mass is 9.63. The van der Waals surface area contributed by atoms with Crippen molar-refractivity contribution < 1.29 is 38.9 Å². The van der Waals surface area contributed by atoms with Crippen LogP contribution in [0.4, 0.5) is 0 Å². The maximum absolute atomic E-state index is 12.2. The zero-order valence-electron chi connectivity index (χ0n) is 15.0. The lowest BCUT2D eigenvalue weighted by Crippen LogP contribution is -2.58. The summed E-state index contributed by atoms with van der Waals surface area (Å²) < 4.78 is 9.83. The predicted molar refractivity (Wildman–Crippen MR) is 82.4 cm³/mol.